The van der Waals surface area contributed by atoms with Gasteiger partial charge >= 0.3 is 0 Å². The Morgan fingerprint density at radius 2 is 1.96 bits per heavy atom. The molecule has 134 valence electrons. The Kier molecular flexibility index (Phi) is 5.30. The van der Waals surface area contributed by atoms with Gasteiger partial charge in [0.25, 0.3) is 5.91 Å². The largest absolute Gasteiger partial charge is 0.444 e. The predicted molar refractivity (Wildman–Crippen MR) is 99.0 cm³/mol. The molecule has 0 fully saturated rings. The third-order valence-electron chi connectivity index (χ3n) is 3.81. The van der Waals surface area contributed by atoms with E-state index in [2.05, 4.69) is 10.3 Å². The first-order chi connectivity index (χ1) is 12.3. The molecule has 1 unspecified atom stereocenters. The molecule has 0 saturated heterocycles. The molecule has 1 aromatic heterocycles. The lowest BCUT2D eigenvalue weighted by Gasteiger charge is -2.14. The first-order valence-electron chi connectivity index (χ1n) is 7.83. The number of carbonyl (C=O) groups is 1. The van der Waals surface area contributed by atoms with Crippen molar-refractivity contribution in [3.8, 4) is 11.1 Å². The molecule has 7 heteroatoms. The second-order valence-corrected chi connectivity index (χ2v) is 6.64. The molecule has 3 aromatic rings. The van der Waals surface area contributed by atoms with Crippen LogP contribution in [0, 0.1) is 12.7 Å². The van der Waals surface area contributed by atoms with Crippen molar-refractivity contribution in [2.24, 2.45) is 0 Å². The van der Waals surface area contributed by atoms with E-state index in [0.717, 1.165) is 0 Å². The standard InChI is InChI=1S/C19H15Cl2FN2O2/c1-10-9-23-19(26-10)11(2)24-18(25)14-5-4-13(22)8-15(14)12-3-6-16(20)17(21)7-12/h3-9,11H,1-2H3,(H,24,25). The fraction of sp³-hybridized carbons (Fsp3) is 0.158. The molecule has 26 heavy (non-hydrogen) atoms. The van der Waals surface area contributed by atoms with Crippen LogP contribution in [0.1, 0.15) is 35.0 Å². The van der Waals surface area contributed by atoms with Crippen LogP contribution in [0.5, 0.6) is 0 Å². The van der Waals surface area contributed by atoms with Gasteiger partial charge in [-0.15, -0.1) is 0 Å². The highest BCUT2D eigenvalue weighted by atomic mass is 35.5. The van der Waals surface area contributed by atoms with Gasteiger partial charge in [-0.05, 0) is 55.3 Å². The van der Waals surface area contributed by atoms with Gasteiger partial charge in [-0.3, -0.25) is 4.79 Å². The Labute approximate surface area is 160 Å². The number of aryl methyl sites for hydroxylation is 1. The zero-order valence-corrected chi connectivity index (χ0v) is 15.5. The summed E-state index contributed by atoms with van der Waals surface area (Å²) in [6.07, 6.45) is 1.58. The number of hydrogen-bond acceptors (Lipinski definition) is 3. The predicted octanol–water partition coefficient (Wildman–Crippen LogP) is 5.59. The van der Waals surface area contributed by atoms with Crippen molar-refractivity contribution in [2.75, 3.05) is 0 Å². The van der Waals surface area contributed by atoms with Crippen LogP contribution in [0.2, 0.25) is 10.0 Å². The highest BCUT2D eigenvalue weighted by Crippen LogP contribution is 2.31. The average molecular weight is 393 g/mol. The summed E-state index contributed by atoms with van der Waals surface area (Å²) in [6.45, 7) is 3.53. The third kappa shape index (κ3) is 3.89. The van der Waals surface area contributed by atoms with Crippen LogP contribution >= 0.6 is 23.2 Å². The molecule has 0 aliphatic rings. The van der Waals surface area contributed by atoms with Gasteiger partial charge in [0.1, 0.15) is 17.6 Å². The van der Waals surface area contributed by atoms with Crippen LogP contribution in [0.4, 0.5) is 4.39 Å². The van der Waals surface area contributed by atoms with Gasteiger partial charge in [-0.1, -0.05) is 29.3 Å². The van der Waals surface area contributed by atoms with Gasteiger partial charge < -0.3 is 9.73 Å². The van der Waals surface area contributed by atoms with Crippen LogP contribution in [-0.4, -0.2) is 10.9 Å². The van der Waals surface area contributed by atoms with E-state index < -0.39 is 11.9 Å². The monoisotopic (exact) mass is 392 g/mol. The van der Waals surface area contributed by atoms with E-state index in [9.17, 15) is 9.18 Å². The van der Waals surface area contributed by atoms with Crippen molar-refractivity contribution in [2.45, 2.75) is 19.9 Å². The first kappa shape index (κ1) is 18.4. The summed E-state index contributed by atoms with van der Waals surface area (Å²) >= 11 is 12.0. The molecule has 0 aliphatic carbocycles. The number of amides is 1. The molecule has 1 heterocycles. The van der Waals surface area contributed by atoms with Gasteiger partial charge in [0.2, 0.25) is 5.89 Å². The lowest BCUT2D eigenvalue weighted by atomic mass is 9.98. The highest BCUT2D eigenvalue weighted by Gasteiger charge is 2.19. The van der Waals surface area contributed by atoms with Crippen molar-refractivity contribution < 1.29 is 13.6 Å². The van der Waals surface area contributed by atoms with E-state index >= 15 is 0 Å². The number of rotatable bonds is 4. The van der Waals surface area contributed by atoms with Gasteiger partial charge in [-0.25, -0.2) is 9.37 Å². The molecule has 0 bridgehead atoms. The Morgan fingerprint density at radius 1 is 1.19 bits per heavy atom. The number of oxazole rings is 1. The summed E-state index contributed by atoms with van der Waals surface area (Å²) in [5.74, 6) is 0.210. The fourth-order valence-corrected chi connectivity index (χ4v) is 2.82. The van der Waals surface area contributed by atoms with Gasteiger partial charge in [0, 0.05) is 5.56 Å². The minimum atomic E-state index is -0.459. The van der Waals surface area contributed by atoms with E-state index in [0.29, 0.717) is 38.4 Å². The number of nitrogens with one attached hydrogen (secondary N) is 1. The minimum Gasteiger partial charge on any atom is -0.444 e. The second kappa shape index (κ2) is 7.48. The van der Waals surface area contributed by atoms with Crippen LogP contribution in [0.15, 0.2) is 47.0 Å². The van der Waals surface area contributed by atoms with Crippen LogP contribution in [-0.2, 0) is 0 Å². The van der Waals surface area contributed by atoms with E-state index in [1.54, 1.807) is 38.2 Å². The molecule has 0 saturated carbocycles. The lowest BCUT2D eigenvalue weighted by molar-refractivity contribution is 0.0934. The minimum absolute atomic E-state index is 0.305. The summed E-state index contributed by atoms with van der Waals surface area (Å²) in [5, 5.41) is 3.51. The van der Waals surface area contributed by atoms with E-state index in [4.69, 9.17) is 27.6 Å². The normalized spacial score (nSPS) is 12.0. The van der Waals surface area contributed by atoms with Gasteiger partial charge in [-0.2, -0.15) is 0 Å². The molecule has 0 spiro atoms. The molecular weight excluding hydrogens is 378 g/mol. The lowest BCUT2D eigenvalue weighted by Crippen LogP contribution is -2.27. The molecule has 1 atom stereocenters. The third-order valence-corrected chi connectivity index (χ3v) is 4.55. The summed E-state index contributed by atoms with van der Waals surface area (Å²) in [6, 6.07) is 8.38. The van der Waals surface area contributed by atoms with Crippen LogP contribution in [0.25, 0.3) is 11.1 Å². The molecule has 0 radical (unpaired) electrons. The number of benzene rings is 2. The van der Waals surface area contributed by atoms with Crippen molar-refractivity contribution in [1.82, 2.24) is 10.3 Å². The number of hydrogen-bond donors (Lipinski definition) is 1. The Bertz CT molecular complexity index is 972. The smallest absolute Gasteiger partial charge is 0.252 e. The van der Waals surface area contributed by atoms with Crippen molar-refractivity contribution >= 4 is 29.1 Å². The fourth-order valence-electron chi connectivity index (χ4n) is 2.53. The van der Waals surface area contributed by atoms with Crippen molar-refractivity contribution in [1.29, 1.82) is 0 Å². The topological polar surface area (TPSA) is 55.1 Å². The van der Waals surface area contributed by atoms with Crippen molar-refractivity contribution in [3.63, 3.8) is 0 Å². The Balaban J connectivity index is 1.94. The van der Waals surface area contributed by atoms with E-state index in [1.165, 1.54) is 18.2 Å². The summed E-state index contributed by atoms with van der Waals surface area (Å²) in [7, 11) is 0. The molecule has 1 N–H and O–H groups in total. The maximum absolute atomic E-state index is 13.8. The molecule has 0 aliphatic heterocycles. The first-order valence-corrected chi connectivity index (χ1v) is 8.59. The zero-order valence-electron chi connectivity index (χ0n) is 14.0. The second-order valence-electron chi connectivity index (χ2n) is 5.82. The molecular formula is C19H15Cl2FN2O2. The molecule has 1 amide bonds. The Hall–Kier alpha value is -2.37. The van der Waals surface area contributed by atoms with Crippen LogP contribution in [0.3, 0.4) is 0 Å². The molecule has 4 nitrogen and oxygen atoms in total. The average Bonchev–Trinajstić information content (AvgIpc) is 3.03. The maximum Gasteiger partial charge on any atom is 0.252 e. The summed E-state index contributed by atoms with van der Waals surface area (Å²) < 4.78 is 19.2. The summed E-state index contributed by atoms with van der Waals surface area (Å²) in [5.41, 5.74) is 1.31. The van der Waals surface area contributed by atoms with Gasteiger partial charge in [0.15, 0.2) is 0 Å². The molecule has 2 aromatic carbocycles. The number of halogens is 3. The van der Waals surface area contributed by atoms with E-state index in [-0.39, 0.29) is 5.91 Å². The zero-order chi connectivity index (χ0) is 18.8. The number of nitrogens with zero attached hydrogens (tertiary/aromatic N) is 1. The van der Waals surface area contributed by atoms with Gasteiger partial charge in [0.05, 0.1) is 16.2 Å². The molecule has 3 rings (SSSR count). The quantitative estimate of drug-likeness (QED) is 0.629. The SMILES string of the molecule is Cc1cnc(C(C)NC(=O)c2ccc(F)cc2-c2ccc(Cl)c(Cl)c2)o1. The number of carbonyl (C=O) groups excluding carboxylic acids is 1. The summed E-state index contributed by atoms with van der Waals surface area (Å²) in [4.78, 5) is 16.8. The van der Waals surface area contributed by atoms with Crippen LogP contribution < -0.4 is 5.32 Å². The van der Waals surface area contributed by atoms with E-state index in [1.807, 2.05) is 0 Å². The highest BCUT2D eigenvalue weighted by molar-refractivity contribution is 6.42. The number of aromatic nitrogens is 1. The Morgan fingerprint density at radius 3 is 2.62 bits per heavy atom. The maximum atomic E-state index is 13.8. The van der Waals surface area contributed by atoms with Crippen molar-refractivity contribution in [3.05, 3.63) is 75.7 Å².